The number of piperidine rings is 1. The van der Waals surface area contributed by atoms with Crippen LogP contribution in [0.1, 0.15) is 33.1 Å². The zero-order chi connectivity index (χ0) is 20.1. The molecule has 0 radical (unpaired) electrons. The Bertz CT molecular complexity index is 709. The fourth-order valence-electron chi connectivity index (χ4n) is 3.46. The van der Waals surface area contributed by atoms with Gasteiger partial charge in [0, 0.05) is 35.5 Å². The van der Waals surface area contributed by atoms with Crippen LogP contribution in [0.15, 0.2) is 28.7 Å². The number of likely N-dealkylation sites (tertiary alicyclic amines) is 1. The first-order chi connectivity index (χ1) is 13.4. The van der Waals surface area contributed by atoms with Crippen LogP contribution < -0.4 is 16.0 Å². The minimum absolute atomic E-state index is 0.0706. The van der Waals surface area contributed by atoms with E-state index in [0.717, 1.165) is 41.7 Å². The summed E-state index contributed by atoms with van der Waals surface area (Å²) in [6.45, 7) is 6.38. The van der Waals surface area contributed by atoms with Gasteiger partial charge in [0.15, 0.2) is 0 Å². The lowest BCUT2D eigenvalue weighted by molar-refractivity contribution is -0.122. The predicted octanol–water partition coefficient (Wildman–Crippen LogP) is 3.64. The Morgan fingerprint density at radius 3 is 2.82 bits per heavy atom. The van der Waals surface area contributed by atoms with Gasteiger partial charge in [-0.2, -0.15) is 0 Å². The van der Waals surface area contributed by atoms with Crippen molar-refractivity contribution in [3.63, 3.8) is 0 Å². The molecule has 2 fully saturated rings. The first-order valence-electron chi connectivity index (χ1n) is 9.91. The molecule has 6 nitrogen and oxygen atoms in total. The van der Waals surface area contributed by atoms with Crippen molar-refractivity contribution in [2.75, 3.05) is 30.7 Å². The Labute approximate surface area is 179 Å². The lowest BCUT2D eigenvalue weighted by Crippen LogP contribution is -2.55. The van der Waals surface area contributed by atoms with Crippen molar-refractivity contribution < 1.29 is 9.59 Å². The van der Waals surface area contributed by atoms with Gasteiger partial charge in [0.05, 0.1) is 10.9 Å². The Balaban J connectivity index is 1.47. The van der Waals surface area contributed by atoms with Crippen molar-refractivity contribution in [2.24, 2.45) is 5.92 Å². The molecule has 0 bridgehead atoms. The van der Waals surface area contributed by atoms with Gasteiger partial charge in [-0.05, 0) is 37.0 Å². The maximum absolute atomic E-state index is 12.5. The van der Waals surface area contributed by atoms with Crippen LogP contribution in [0.5, 0.6) is 0 Å². The predicted molar refractivity (Wildman–Crippen MR) is 119 cm³/mol. The summed E-state index contributed by atoms with van der Waals surface area (Å²) in [7, 11) is 0. The van der Waals surface area contributed by atoms with Crippen LogP contribution in [0.25, 0.3) is 0 Å². The molecule has 0 aliphatic carbocycles. The molecule has 154 valence electrons. The maximum atomic E-state index is 12.5. The molecule has 1 aromatic carbocycles. The SMILES string of the molecule is CCC(C)CNC(=O)C1CSC2(CCN(C(=O)Nc3cccc(Br)c3)CC2)N1. The third-order valence-corrected chi connectivity index (χ3v) is 7.61. The van der Waals surface area contributed by atoms with E-state index in [4.69, 9.17) is 0 Å². The lowest BCUT2D eigenvalue weighted by atomic mass is 10.0. The highest BCUT2D eigenvalue weighted by atomic mass is 79.9. The molecule has 1 spiro atoms. The van der Waals surface area contributed by atoms with E-state index in [1.165, 1.54) is 0 Å². The average molecular weight is 469 g/mol. The highest BCUT2D eigenvalue weighted by molar-refractivity contribution is 9.10. The molecule has 0 saturated carbocycles. The zero-order valence-corrected chi connectivity index (χ0v) is 18.9. The first-order valence-corrected chi connectivity index (χ1v) is 11.7. The second-order valence-electron chi connectivity index (χ2n) is 7.69. The number of carbonyl (C=O) groups is 2. The van der Waals surface area contributed by atoms with Gasteiger partial charge in [-0.1, -0.05) is 42.3 Å². The van der Waals surface area contributed by atoms with Crippen molar-refractivity contribution in [1.82, 2.24) is 15.5 Å². The molecule has 28 heavy (non-hydrogen) atoms. The second kappa shape index (κ2) is 9.50. The highest BCUT2D eigenvalue weighted by Crippen LogP contribution is 2.39. The monoisotopic (exact) mass is 468 g/mol. The van der Waals surface area contributed by atoms with Crippen LogP contribution in [-0.2, 0) is 4.79 Å². The molecule has 3 N–H and O–H groups in total. The van der Waals surface area contributed by atoms with E-state index in [9.17, 15) is 9.59 Å². The molecular weight excluding hydrogens is 440 g/mol. The number of nitrogens with zero attached hydrogens (tertiary/aromatic N) is 1. The number of amides is 3. The zero-order valence-electron chi connectivity index (χ0n) is 16.5. The Kier molecular flexibility index (Phi) is 7.28. The van der Waals surface area contributed by atoms with E-state index in [2.05, 4.69) is 45.7 Å². The summed E-state index contributed by atoms with van der Waals surface area (Å²) < 4.78 is 0.937. The largest absolute Gasteiger partial charge is 0.354 e. The highest BCUT2D eigenvalue weighted by Gasteiger charge is 2.44. The molecule has 2 unspecified atom stereocenters. The van der Waals surface area contributed by atoms with E-state index in [-0.39, 0.29) is 22.9 Å². The van der Waals surface area contributed by atoms with Crippen molar-refractivity contribution in [3.8, 4) is 0 Å². The Morgan fingerprint density at radius 1 is 1.39 bits per heavy atom. The number of halogens is 1. The van der Waals surface area contributed by atoms with Crippen molar-refractivity contribution in [1.29, 1.82) is 0 Å². The van der Waals surface area contributed by atoms with E-state index in [1.54, 1.807) is 0 Å². The quantitative estimate of drug-likeness (QED) is 0.616. The molecule has 1 aromatic rings. The standard InChI is InChI=1S/C20H29BrN4O2S/c1-3-14(2)12-22-18(26)17-13-28-20(24-17)7-9-25(10-8-20)19(27)23-16-6-4-5-15(21)11-16/h4-6,11,14,17,24H,3,7-10,12-13H2,1-2H3,(H,22,26)(H,23,27). The lowest BCUT2D eigenvalue weighted by Gasteiger charge is -2.39. The molecule has 8 heteroatoms. The van der Waals surface area contributed by atoms with Gasteiger partial charge in [0.1, 0.15) is 0 Å². The van der Waals surface area contributed by atoms with E-state index < -0.39 is 0 Å². The van der Waals surface area contributed by atoms with Crippen LogP contribution in [0, 0.1) is 5.92 Å². The molecule has 2 atom stereocenters. The fourth-order valence-corrected chi connectivity index (χ4v) is 5.27. The topological polar surface area (TPSA) is 73.5 Å². The van der Waals surface area contributed by atoms with Gasteiger partial charge in [0.2, 0.25) is 5.91 Å². The average Bonchev–Trinajstić information content (AvgIpc) is 3.10. The number of anilines is 1. The van der Waals surface area contributed by atoms with Crippen molar-refractivity contribution >= 4 is 45.3 Å². The summed E-state index contributed by atoms with van der Waals surface area (Å²) in [5, 5.41) is 9.57. The summed E-state index contributed by atoms with van der Waals surface area (Å²) in [5.41, 5.74) is 0.783. The van der Waals surface area contributed by atoms with Gasteiger partial charge in [-0.25, -0.2) is 4.79 Å². The smallest absolute Gasteiger partial charge is 0.321 e. The van der Waals surface area contributed by atoms with E-state index >= 15 is 0 Å². The number of benzene rings is 1. The first kappa shape index (κ1) is 21.5. The molecule has 2 aliphatic heterocycles. The molecule has 3 rings (SSSR count). The number of thioether (sulfide) groups is 1. The van der Waals surface area contributed by atoms with Gasteiger partial charge in [0.25, 0.3) is 0 Å². The van der Waals surface area contributed by atoms with Gasteiger partial charge < -0.3 is 15.5 Å². The van der Waals surface area contributed by atoms with Crippen LogP contribution >= 0.6 is 27.7 Å². The summed E-state index contributed by atoms with van der Waals surface area (Å²) in [6, 6.07) is 7.38. The number of carbonyl (C=O) groups excluding carboxylic acids is 2. The van der Waals surface area contributed by atoms with Gasteiger partial charge in [-0.3, -0.25) is 10.1 Å². The summed E-state index contributed by atoms with van der Waals surface area (Å²) in [6.07, 6.45) is 2.76. The van der Waals surface area contributed by atoms with Crippen LogP contribution in [0.3, 0.4) is 0 Å². The minimum atomic E-state index is -0.142. The molecule has 0 aromatic heterocycles. The van der Waals surface area contributed by atoms with Gasteiger partial charge in [-0.15, -0.1) is 11.8 Å². The van der Waals surface area contributed by atoms with Crippen molar-refractivity contribution in [3.05, 3.63) is 28.7 Å². The molecule has 2 aliphatic rings. The van der Waals surface area contributed by atoms with Crippen molar-refractivity contribution in [2.45, 2.75) is 44.0 Å². The summed E-state index contributed by atoms with van der Waals surface area (Å²) in [5.74, 6) is 1.38. The van der Waals surface area contributed by atoms with Gasteiger partial charge >= 0.3 is 6.03 Å². The third kappa shape index (κ3) is 5.42. The molecule has 2 heterocycles. The van der Waals surface area contributed by atoms with Crippen LogP contribution in [-0.4, -0.2) is 53.1 Å². The maximum Gasteiger partial charge on any atom is 0.321 e. The van der Waals surface area contributed by atoms with Crippen LogP contribution in [0.4, 0.5) is 10.5 Å². The Morgan fingerprint density at radius 2 is 2.14 bits per heavy atom. The summed E-state index contributed by atoms with van der Waals surface area (Å²) >= 11 is 5.25. The third-order valence-electron chi connectivity index (χ3n) is 5.54. The number of urea groups is 1. The van der Waals surface area contributed by atoms with Crippen LogP contribution in [0.2, 0.25) is 0 Å². The molecular formula is C20H29BrN4O2S. The molecule has 2 saturated heterocycles. The molecule has 3 amide bonds. The second-order valence-corrected chi connectivity index (χ2v) is 10.0. The van der Waals surface area contributed by atoms with E-state index in [1.807, 2.05) is 40.9 Å². The normalized spacial score (nSPS) is 22.1. The number of rotatable bonds is 5. The minimum Gasteiger partial charge on any atom is -0.354 e. The van der Waals surface area contributed by atoms with E-state index in [0.29, 0.717) is 19.0 Å². The fraction of sp³-hybridized carbons (Fsp3) is 0.600. The number of hydrogen-bond acceptors (Lipinski definition) is 4. The Hall–Kier alpha value is -1.25. The number of nitrogens with one attached hydrogen (secondary N) is 3. The summed E-state index contributed by atoms with van der Waals surface area (Å²) in [4.78, 5) is 26.7. The number of hydrogen-bond donors (Lipinski definition) is 3.